The van der Waals surface area contributed by atoms with Gasteiger partial charge >= 0.3 is 0 Å². The van der Waals surface area contributed by atoms with Gasteiger partial charge < -0.3 is 4.90 Å². The van der Waals surface area contributed by atoms with Gasteiger partial charge in [-0.1, -0.05) is 6.07 Å². The first-order valence-electron chi connectivity index (χ1n) is 6.08. The zero-order valence-corrected chi connectivity index (χ0v) is 11.6. The van der Waals surface area contributed by atoms with Gasteiger partial charge in [0.25, 0.3) is 0 Å². The van der Waals surface area contributed by atoms with Crippen LogP contribution in [-0.2, 0) is 21.2 Å². The number of amides is 1. The number of hydrogen-bond acceptors (Lipinski definition) is 4. The summed E-state index contributed by atoms with van der Waals surface area (Å²) in [5.41, 5.74) is 1.82. The minimum Gasteiger partial charge on any atom is -0.341 e. The molecule has 19 heavy (non-hydrogen) atoms. The van der Waals surface area contributed by atoms with Gasteiger partial charge in [0.1, 0.15) is 5.25 Å². The molecule has 104 valence electrons. The molecule has 0 aromatic carbocycles. The maximum Gasteiger partial charge on any atom is 0.224 e. The highest BCUT2D eigenvalue weighted by atomic mass is 32.2. The molecule has 2 heterocycles. The fraction of sp³-hybridized carbons (Fsp3) is 0.500. The third-order valence-corrected chi connectivity index (χ3v) is 4.47. The van der Waals surface area contributed by atoms with E-state index in [-0.39, 0.29) is 18.9 Å². The smallest absolute Gasteiger partial charge is 0.224 e. The number of aryl methyl sites for hydroxylation is 1. The Morgan fingerprint density at radius 3 is 2.79 bits per heavy atom. The molecule has 1 unspecified atom stereocenters. The van der Waals surface area contributed by atoms with Crippen LogP contribution in [0.25, 0.3) is 0 Å². The molecule has 1 aromatic rings. The van der Waals surface area contributed by atoms with Gasteiger partial charge in [-0.3, -0.25) is 9.78 Å². The van der Waals surface area contributed by atoms with E-state index in [2.05, 4.69) is 4.98 Å². The van der Waals surface area contributed by atoms with Crippen molar-refractivity contribution in [3.05, 3.63) is 29.6 Å². The zero-order chi connectivity index (χ0) is 14.0. The average Bonchev–Trinajstić information content (AvgIpc) is 2.68. The van der Waals surface area contributed by atoms with Gasteiger partial charge in [0.2, 0.25) is 15.9 Å². The molecule has 6 nitrogen and oxygen atoms in total. The van der Waals surface area contributed by atoms with Crippen molar-refractivity contribution in [2.45, 2.75) is 25.0 Å². The highest BCUT2D eigenvalue weighted by Crippen LogP contribution is 2.16. The summed E-state index contributed by atoms with van der Waals surface area (Å²) < 4.78 is 22.5. The molecule has 0 spiro atoms. The lowest BCUT2D eigenvalue weighted by atomic mass is 10.2. The minimum absolute atomic E-state index is 0.0138. The summed E-state index contributed by atoms with van der Waals surface area (Å²) in [6, 6.07) is 5.71. The molecule has 1 aliphatic rings. The van der Waals surface area contributed by atoms with Crippen LogP contribution >= 0.6 is 0 Å². The molecule has 0 radical (unpaired) electrons. The van der Waals surface area contributed by atoms with E-state index in [4.69, 9.17) is 5.14 Å². The van der Waals surface area contributed by atoms with Crippen LogP contribution in [0.1, 0.15) is 17.8 Å². The predicted molar refractivity (Wildman–Crippen MR) is 70.8 cm³/mol. The molecule has 1 amide bonds. The molecule has 0 aliphatic carbocycles. The van der Waals surface area contributed by atoms with E-state index in [0.29, 0.717) is 13.0 Å². The van der Waals surface area contributed by atoms with Crippen LogP contribution < -0.4 is 5.14 Å². The minimum atomic E-state index is -3.64. The molecule has 7 heteroatoms. The molecule has 0 bridgehead atoms. The summed E-state index contributed by atoms with van der Waals surface area (Å²) in [5.74, 6) is -0.160. The Kier molecular flexibility index (Phi) is 3.86. The number of pyridine rings is 1. The van der Waals surface area contributed by atoms with Gasteiger partial charge in [0, 0.05) is 37.3 Å². The lowest BCUT2D eigenvalue weighted by Crippen LogP contribution is -2.33. The summed E-state index contributed by atoms with van der Waals surface area (Å²) in [6.07, 6.45) is 0.602. The van der Waals surface area contributed by atoms with E-state index >= 15 is 0 Å². The second kappa shape index (κ2) is 5.26. The largest absolute Gasteiger partial charge is 0.341 e. The van der Waals surface area contributed by atoms with Crippen LogP contribution in [0.5, 0.6) is 0 Å². The van der Waals surface area contributed by atoms with Gasteiger partial charge in [0.05, 0.1) is 0 Å². The van der Waals surface area contributed by atoms with Crippen LogP contribution in [0.4, 0.5) is 0 Å². The Balaban J connectivity index is 1.96. The Hall–Kier alpha value is -1.47. The van der Waals surface area contributed by atoms with Crippen LogP contribution in [0, 0.1) is 6.92 Å². The third-order valence-electron chi connectivity index (χ3n) is 3.23. The second-order valence-electron chi connectivity index (χ2n) is 4.78. The van der Waals surface area contributed by atoms with Crippen molar-refractivity contribution in [2.24, 2.45) is 5.14 Å². The predicted octanol–water partition coefficient (Wildman–Crippen LogP) is -0.178. The highest BCUT2D eigenvalue weighted by molar-refractivity contribution is 7.89. The van der Waals surface area contributed by atoms with Crippen molar-refractivity contribution < 1.29 is 13.2 Å². The van der Waals surface area contributed by atoms with Crippen molar-refractivity contribution in [1.82, 2.24) is 9.88 Å². The molecular formula is C12H17N3O3S. The Morgan fingerprint density at radius 1 is 1.47 bits per heavy atom. The fourth-order valence-electron chi connectivity index (χ4n) is 2.16. The van der Waals surface area contributed by atoms with Crippen LogP contribution in [0.3, 0.4) is 0 Å². The van der Waals surface area contributed by atoms with Gasteiger partial charge in [-0.25, -0.2) is 13.6 Å². The van der Waals surface area contributed by atoms with E-state index < -0.39 is 15.3 Å². The number of carbonyl (C=O) groups is 1. The van der Waals surface area contributed by atoms with Crippen molar-refractivity contribution in [1.29, 1.82) is 0 Å². The first-order valence-corrected chi connectivity index (χ1v) is 7.69. The van der Waals surface area contributed by atoms with Crippen molar-refractivity contribution in [3.63, 3.8) is 0 Å². The molecule has 1 saturated heterocycles. The maximum absolute atomic E-state index is 11.7. The molecule has 1 aliphatic heterocycles. The fourth-order valence-corrected chi connectivity index (χ4v) is 2.92. The summed E-state index contributed by atoms with van der Waals surface area (Å²) >= 11 is 0. The molecule has 1 aromatic heterocycles. The van der Waals surface area contributed by atoms with Gasteiger partial charge in [0.15, 0.2) is 0 Å². The van der Waals surface area contributed by atoms with Gasteiger partial charge in [-0.05, 0) is 19.1 Å². The van der Waals surface area contributed by atoms with E-state index in [1.807, 2.05) is 25.1 Å². The van der Waals surface area contributed by atoms with E-state index in [1.165, 1.54) is 0 Å². The number of sulfonamides is 1. The SMILES string of the molecule is Cc1cccc(CCN2CC(S(N)(=O)=O)CC2=O)n1. The summed E-state index contributed by atoms with van der Waals surface area (Å²) in [5, 5.41) is 4.30. The molecule has 2 rings (SSSR count). The third kappa shape index (κ3) is 3.51. The molecule has 0 saturated carbocycles. The van der Waals surface area contributed by atoms with E-state index in [0.717, 1.165) is 11.4 Å². The number of likely N-dealkylation sites (tertiary alicyclic amines) is 1. The maximum atomic E-state index is 11.7. The molecule has 1 fully saturated rings. The first kappa shape index (κ1) is 14.0. The van der Waals surface area contributed by atoms with Crippen LogP contribution in [-0.4, -0.2) is 42.5 Å². The van der Waals surface area contributed by atoms with E-state index in [9.17, 15) is 13.2 Å². The topological polar surface area (TPSA) is 93.4 Å². The standard InChI is InChI=1S/C12H17N3O3S/c1-9-3-2-4-10(14-9)5-6-15-8-11(7-12(15)16)19(13,17)18/h2-4,11H,5-8H2,1H3,(H2,13,17,18). The monoisotopic (exact) mass is 283 g/mol. The lowest BCUT2D eigenvalue weighted by molar-refractivity contribution is -0.127. The molecule has 2 N–H and O–H groups in total. The number of primary sulfonamides is 1. The lowest BCUT2D eigenvalue weighted by Gasteiger charge is -2.15. The first-order chi connectivity index (χ1) is 8.86. The van der Waals surface area contributed by atoms with Crippen molar-refractivity contribution >= 4 is 15.9 Å². The summed E-state index contributed by atoms with van der Waals surface area (Å²) in [7, 11) is -3.64. The van der Waals surface area contributed by atoms with Gasteiger partial charge in [-0.15, -0.1) is 0 Å². The van der Waals surface area contributed by atoms with Crippen LogP contribution in [0.15, 0.2) is 18.2 Å². The number of carbonyl (C=O) groups excluding carboxylic acids is 1. The Bertz CT molecular complexity index is 586. The molecule has 1 atom stereocenters. The Morgan fingerprint density at radius 2 is 2.21 bits per heavy atom. The second-order valence-corrected chi connectivity index (χ2v) is 6.62. The van der Waals surface area contributed by atoms with E-state index in [1.54, 1.807) is 4.90 Å². The van der Waals surface area contributed by atoms with Crippen LogP contribution in [0.2, 0.25) is 0 Å². The number of hydrogen-bond donors (Lipinski definition) is 1. The zero-order valence-electron chi connectivity index (χ0n) is 10.7. The van der Waals surface area contributed by atoms with Crippen molar-refractivity contribution in [2.75, 3.05) is 13.1 Å². The number of rotatable bonds is 4. The average molecular weight is 283 g/mol. The quantitative estimate of drug-likeness (QED) is 0.829. The number of aromatic nitrogens is 1. The Labute approximate surface area is 112 Å². The van der Waals surface area contributed by atoms with Crippen molar-refractivity contribution in [3.8, 4) is 0 Å². The summed E-state index contributed by atoms with van der Waals surface area (Å²) in [4.78, 5) is 17.6. The summed E-state index contributed by atoms with van der Waals surface area (Å²) in [6.45, 7) is 2.56. The number of nitrogens with two attached hydrogens (primary N) is 1. The highest BCUT2D eigenvalue weighted by Gasteiger charge is 2.35. The number of nitrogens with zero attached hydrogens (tertiary/aromatic N) is 2. The molecular weight excluding hydrogens is 266 g/mol. The van der Waals surface area contributed by atoms with Gasteiger partial charge in [-0.2, -0.15) is 0 Å². The normalized spacial score (nSPS) is 20.0.